The van der Waals surface area contributed by atoms with Crippen molar-refractivity contribution in [2.45, 2.75) is 45.3 Å². The maximum Gasteiger partial charge on any atom is 0.180 e. The molecule has 0 unspecified atom stereocenters. The summed E-state index contributed by atoms with van der Waals surface area (Å²) in [5, 5.41) is 0. The summed E-state index contributed by atoms with van der Waals surface area (Å²) < 4.78 is 12.4. The maximum absolute atomic E-state index is 5.81. The molecule has 1 saturated carbocycles. The van der Waals surface area contributed by atoms with Crippen molar-refractivity contribution in [3.63, 3.8) is 0 Å². The van der Waals surface area contributed by atoms with E-state index in [0.717, 1.165) is 23.2 Å². The van der Waals surface area contributed by atoms with Gasteiger partial charge in [-0.15, -0.1) is 0 Å². The molecular formula is C12H16BrNO2. The number of pyridine rings is 1. The average molecular weight is 286 g/mol. The van der Waals surface area contributed by atoms with Crippen LogP contribution in [-0.4, -0.2) is 16.7 Å². The quantitative estimate of drug-likeness (QED) is 0.796. The Morgan fingerprint density at radius 3 is 2.56 bits per heavy atom. The zero-order valence-electron chi connectivity index (χ0n) is 9.79. The molecule has 1 aliphatic carbocycles. The summed E-state index contributed by atoms with van der Waals surface area (Å²) in [4.78, 5) is 4.16. The first-order valence-corrected chi connectivity index (χ1v) is 6.24. The topological polar surface area (TPSA) is 31.4 Å². The second kappa shape index (κ2) is 4.24. The lowest BCUT2D eigenvalue weighted by Gasteiger charge is -2.22. The van der Waals surface area contributed by atoms with Crippen LogP contribution in [0, 0.1) is 0 Å². The van der Waals surface area contributed by atoms with E-state index in [1.807, 2.05) is 26.8 Å². The maximum atomic E-state index is 5.81. The van der Waals surface area contributed by atoms with Crippen LogP contribution in [-0.2, 0) is 0 Å². The van der Waals surface area contributed by atoms with Gasteiger partial charge < -0.3 is 9.47 Å². The Labute approximate surface area is 104 Å². The number of hydrogen-bond acceptors (Lipinski definition) is 3. The van der Waals surface area contributed by atoms with Crippen molar-refractivity contribution in [3.05, 3.63) is 16.9 Å². The van der Waals surface area contributed by atoms with Gasteiger partial charge in [-0.1, -0.05) is 0 Å². The third-order valence-corrected chi connectivity index (χ3v) is 2.47. The van der Waals surface area contributed by atoms with E-state index in [9.17, 15) is 0 Å². The molecule has 0 amide bonds. The zero-order chi connectivity index (χ0) is 11.8. The highest BCUT2D eigenvalue weighted by Crippen LogP contribution is 2.36. The molecule has 1 aliphatic rings. The van der Waals surface area contributed by atoms with Crippen LogP contribution in [0.1, 0.15) is 33.6 Å². The summed E-state index contributed by atoms with van der Waals surface area (Å²) >= 11 is 3.34. The molecule has 0 radical (unpaired) electrons. The first-order chi connectivity index (χ1) is 7.44. The molecule has 0 aliphatic heterocycles. The standard InChI is InChI=1S/C12H16BrNO2/c1-12(2,3)16-10-7-14-11(13)6-9(10)15-8-4-5-8/h6-8H,4-5H2,1-3H3. The van der Waals surface area contributed by atoms with Crippen molar-refractivity contribution in [2.24, 2.45) is 0 Å². The predicted octanol–water partition coefficient (Wildman–Crippen LogP) is 3.56. The lowest BCUT2D eigenvalue weighted by molar-refractivity contribution is 0.122. The molecule has 4 heteroatoms. The van der Waals surface area contributed by atoms with Crippen LogP contribution in [0.2, 0.25) is 0 Å². The van der Waals surface area contributed by atoms with Crippen LogP contribution in [0.4, 0.5) is 0 Å². The summed E-state index contributed by atoms with van der Waals surface area (Å²) in [6.07, 6.45) is 4.33. The summed E-state index contributed by atoms with van der Waals surface area (Å²) in [7, 11) is 0. The minimum absolute atomic E-state index is 0.239. The van der Waals surface area contributed by atoms with Crippen molar-refractivity contribution in [2.75, 3.05) is 0 Å². The van der Waals surface area contributed by atoms with E-state index in [-0.39, 0.29) is 5.60 Å². The predicted molar refractivity (Wildman–Crippen MR) is 66.0 cm³/mol. The van der Waals surface area contributed by atoms with E-state index in [1.54, 1.807) is 6.20 Å². The summed E-state index contributed by atoms with van der Waals surface area (Å²) in [6, 6.07) is 1.86. The number of aromatic nitrogens is 1. The molecule has 88 valence electrons. The van der Waals surface area contributed by atoms with E-state index in [4.69, 9.17) is 9.47 Å². The van der Waals surface area contributed by atoms with Crippen molar-refractivity contribution >= 4 is 15.9 Å². The van der Waals surface area contributed by atoms with Crippen molar-refractivity contribution in [3.8, 4) is 11.5 Å². The summed E-state index contributed by atoms with van der Waals surface area (Å²) in [5.41, 5.74) is -0.239. The molecule has 0 aromatic carbocycles. The smallest absolute Gasteiger partial charge is 0.180 e. The van der Waals surface area contributed by atoms with Gasteiger partial charge in [0, 0.05) is 6.07 Å². The number of ether oxygens (including phenoxy) is 2. The molecule has 2 rings (SSSR count). The van der Waals surface area contributed by atoms with Gasteiger partial charge in [0.15, 0.2) is 11.5 Å². The van der Waals surface area contributed by atoms with Gasteiger partial charge in [-0.25, -0.2) is 4.98 Å². The average Bonchev–Trinajstić information content (AvgIpc) is 2.91. The highest BCUT2D eigenvalue weighted by atomic mass is 79.9. The van der Waals surface area contributed by atoms with E-state index < -0.39 is 0 Å². The number of nitrogens with zero attached hydrogens (tertiary/aromatic N) is 1. The van der Waals surface area contributed by atoms with Gasteiger partial charge in [0.25, 0.3) is 0 Å². The summed E-state index contributed by atoms with van der Waals surface area (Å²) in [6.45, 7) is 6.03. The second-order valence-electron chi connectivity index (χ2n) is 4.99. The van der Waals surface area contributed by atoms with E-state index in [2.05, 4.69) is 20.9 Å². The first-order valence-electron chi connectivity index (χ1n) is 5.45. The molecular weight excluding hydrogens is 270 g/mol. The van der Waals surface area contributed by atoms with Gasteiger partial charge in [-0.3, -0.25) is 0 Å². The lowest BCUT2D eigenvalue weighted by atomic mass is 10.2. The van der Waals surface area contributed by atoms with Crippen molar-refractivity contribution in [1.29, 1.82) is 0 Å². The Hall–Kier alpha value is -0.770. The van der Waals surface area contributed by atoms with Crippen LogP contribution in [0.15, 0.2) is 16.9 Å². The van der Waals surface area contributed by atoms with Gasteiger partial charge in [0.2, 0.25) is 0 Å². The van der Waals surface area contributed by atoms with Crippen LogP contribution >= 0.6 is 15.9 Å². The normalized spacial score (nSPS) is 16.0. The third-order valence-electron chi connectivity index (χ3n) is 2.03. The fourth-order valence-electron chi connectivity index (χ4n) is 1.26. The lowest BCUT2D eigenvalue weighted by Crippen LogP contribution is -2.23. The van der Waals surface area contributed by atoms with Gasteiger partial charge in [0.1, 0.15) is 10.2 Å². The molecule has 0 spiro atoms. The van der Waals surface area contributed by atoms with Crippen molar-refractivity contribution in [1.82, 2.24) is 4.98 Å². The molecule has 0 N–H and O–H groups in total. The number of rotatable bonds is 3. The van der Waals surface area contributed by atoms with Crippen LogP contribution in [0.5, 0.6) is 11.5 Å². The first kappa shape index (κ1) is 11.7. The second-order valence-corrected chi connectivity index (χ2v) is 5.80. The molecule has 1 fully saturated rings. The van der Waals surface area contributed by atoms with E-state index >= 15 is 0 Å². The van der Waals surface area contributed by atoms with Gasteiger partial charge in [-0.2, -0.15) is 0 Å². The highest BCUT2D eigenvalue weighted by Gasteiger charge is 2.26. The largest absolute Gasteiger partial charge is 0.486 e. The van der Waals surface area contributed by atoms with Gasteiger partial charge >= 0.3 is 0 Å². The minimum atomic E-state index is -0.239. The molecule has 16 heavy (non-hydrogen) atoms. The summed E-state index contributed by atoms with van der Waals surface area (Å²) in [5.74, 6) is 1.49. The molecule has 1 aromatic heterocycles. The van der Waals surface area contributed by atoms with Crippen molar-refractivity contribution < 1.29 is 9.47 Å². The molecule has 0 saturated heterocycles. The van der Waals surface area contributed by atoms with E-state index in [0.29, 0.717) is 11.9 Å². The molecule has 0 atom stereocenters. The number of halogens is 1. The van der Waals surface area contributed by atoms with Gasteiger partial charge in [-0.05, 0) is 49.5 Å². The minimum Gasteiger partial charge on any atom is -0.486 e. The third kappa shape index (κ3) is 3.37. The van der Waals surface area contributed by atoms with Crippen LogP contribution in [0.3, 0.4) is 0 Å². The Bertz CT molecular complexity index is 383. The van der Waals surface area contributed by atoms with Gasteiger partial charge in [0.05, 0.1) is 12.3 Å². The highest BCUT2D eigenvalue weighted by molar-refractivity contribution is 9.10. The number of hydrogen-bond donors (Lipinski definition) is 0. The molecule has 0 bridgehead atoms. The monoisotopic (exact) mass is 285 g/mol. The molecule has 1 heterocycles. The van der Waals surface area contributed by atoms with Crippen LogP contribution < -0.4 is 9.47 Å². The Morgan fingerprint density at radius 1 is 1.31 bits per heavy atom. The fraction of sp³-hybridized carbons (Fsp3) is 0.583. The Morgan fingerprint density at radius 2 is 2.00 bits per heavy atom. The van der Waals surface area contributed by atoms with Crippen LogP contribution in [0.25, 0.3) is 0 Å². The molecule has 3 nitrogen and oxygen atoms in total. The Kier molecular flexibility index (Phi) is 3.10. The zero-order valence-corrected chi connectivity index (χ0v) is 11.4. The fourth-order valence-corrected chi connectivity index (χ4v) is 1.57. The van der Waals surface area contributed by atoms with E-state index in [1.165, 1.54) is 0 Å². The SMILES string of the molecule is CC(C)(C)Oc1cnc(Br)cc1OC1CC1. The Balaban J connectivity index is 2.20. The molecule has 1 aromatic rings.